The minimum atomic E-state index is -1.40. The van der Waals surface area contributed by atoms with Crippen molar-refractivity contribution in [3.05, 3.63) is 120 Å². The lowest BCUT2D eigenvalue weighted by molar-refractivity contribution is -0.152. The van der Waals surface area contributed by atoms with Crippen LogP contribution >= 0.6 is 0 Å². The van der Waals surface area contributed by atoms with E-state index in [0.29, 0.717) is 17.1 Å². The summed E-state index contributed by atoms with van der Waals surface area (Å²) in [5.74, 6) is -1.81. The molecular weight excluding hydrogens is 534 g/mol. The highest BCUT2D eigenvalue weighted by atomic mass is 16.5. The summed E-state index contributed by atoms with van der Waals surface area (Å²) in [6, 6.07) is 31.4. The van der Waals surface area contributed by atoms with Gasteiger partial charge >= 0.3 is 11.9 Å². The van der Waals surface area contributed by atoms with E-state index in [-0.39, 0.29) is 19.6 Å². The first-order valence-electron chi connectivity index (χ1n) is 13.5. The van der Waals surface area contributed by atoms with Crippen LogP contribution in [0.15, 0.2) is 109 Å². The fraction of sp³-hybridized carbons (Fsp3) is 0.206. The third kappa shape index (κ3) is 7.75. The quantitative estimate of drug-likeness (QED) is 0.199. The minimum Gasteiger partial charge on any atom is -0.493 e. The third-order valence-electron chi connectivity index (χ3n) is 6.73. The highest BCUT2D eigenvalue weighted by Gasteiger charge is 2.31. The van der Waals surface area contributed by atoms with E-state index in [2.05, 4.69) is 0 Å². The van der Waals surface area contributed by atoms with E-state index in [0.717, 1.165) is 16.7 Å². The number of carbonyl (C=O) groups excluding carboxylic acids is 1. The van der Waals surface area contributed by atoms with E-state index in [1.165, 1.54) is 18.7 Å². The Kier molecular flexibility index (Phi) is 9.60. The average Bonchev–Trinajstić information content (AvgIpc) is 2.99. The Morgan fingerprint density at radius 2 is 1.29 bits per heavy atom. The summed E-state index contributed by atoms with van der Waals surface area (Å²) >= 11 is 0. The molecule has 0 fully saturated rings. The summed E-state index contributed by atoms with van der Waals surface area (Å²) in [7, 11) is 0. The maximum atomic E-state index is 13.7. The zero-order valence-corrected chi connectivity index (χ0v) is 23.5. The molecule has 0 aliphatic rings. The molecule has 4 aromatic rings. The summed E-state index contributed by atoms with van der Waals surface area (Å²) in [5.41, 5.74) is 1.76. The van der Waals surface area contributed by atoms with Crippen molar-refractivity contribution in [2.75, 3.05) is 6.61 Å². The Labute approximate surface area is 244 Å². The van der Waals surface area contributed by atoms with E-state index in [4.69, 9.17) is 9.47 Å². The van der Waals surface area contributed by atoms with Crippen molar-refractivity contribution < 1.29 is 34.1 Å². The molecule has 0 aliphatic heterocycles. The van der Waals surface area contributed by atoms with Gasteiger partial charge in [-0.15, -0.1) is 0 Å². The second kappa shape index (κ2) is 13.5. The molecule has 42 heavy (non-hydrogen) atoms. The number of carbonyl (C=O) groups is 3. The van der Waals surface area contributed by atoms with E-state index in [1.54, 1.807) is 36.4 Å². The van der Waals surface area contributed by atoms with Crippen LogP contribution in [-0.2, 0) is 16.1 Å². The van der Waals surface area contributed by atoms with Crippen molar-refractivity contribution in [1.82, 2.24) is 4.90 Å². The number of hydrogen-bond donors (Lipinski definition) is 2. The Hall–Kier alpha value is -5.11. The molecule has 1 atom stereocenters. The first-order valence-corrected chi connectivity index (χ1v) is 13.5. The van der Waals surface area contributed by atoms with Crippen molar-refractivity contribution in [3.8, 4) is 22.6 Å². The van der Waals surface area contributed by atoms with Crippen LogP contribution in [-0.4, -0.2) is 51.2 Å². The Balaban J connectivity index is 1.49. The molecule has 4 rings (SSSR count). The van der Waals surface area contributed by atoms with Gasteiger partial charge in [-0.25, -0.2) is 9.59 Å². The monoisotopic (exact) mass is 567 g/mol. The van der Waals surface area contributed by atoms with Gasteiger partial charge in [-0.1, -0.05) is 72.8 Å². The summed E-state index contributed by atoms with van der Waals surface area (Å²) in [4.78, 5) is 38.9. The summed E-state index contributed by atoms with van der Waals surface area (Å²) < 4.78 is 11.3. The molecule has 0 aromatic heterocycles. The van der Waals surface area contributed by atoms with Crippen LogP contribution in [0.5, 0.6) is 11.5 Å². The molecule has 8 nitrogen and oxygen atoms in total. The van der Waals surface area contributed by atoms with Crippen LogP contribution in [0, 0.1) is 0 Å². The van der Waals surface area contributed by atoms with Crippen molar-refractivity contribution in [1.29, 1.82) is 0 Å². The lowest BCUT2D eigenvalue weighted by atomic mass is 10.0. The first kappa shape index (κ1) is 29.9. The Bertz CT molecular complexity index is 1480. The fourth-order valence-electron chi connectivity index (χ4n) is 4.35. The maximum Gasteiger partial charge on any atom is 0.347 e. The number of ether oxygens (including phenoxy) is 2. The highest BCUT2D eigenvalue weighted by molar-refractivity contribution is 5.97. The van der Waals surface area contributed by atoms with Gasteiger partial charge in [0.25, 0.3) is 5.91 Å². The number of benzene rings is 4. The molecule has 0 spiro atoms. The van der Waals surface area contributed by atoms with Crippen LogP contribution in [0.25, 0.3) is 11.1 Å². The van der Waals surface area contributed by atoms with E-state index in [1.807, 2.05) is 72.8 Å². The molecule has 1 amide bonds. The van der Waals surface area contributed by atoms with Crippen molar-refractivity contribution >= 4 is 17.8 Å². The van der Waals surface area contributed by atoms with Crippen LogP contribution in [0.2, 0.25) is 0 Å². The van der Waals surface area contributed by atoms with Crippen molar-refractivity contribution in [2.45, 2.75) is 38.5 Å². The number of carboxylic acid groups (broad SMARTS) is 2. The van der Waals surface area contributed by atoms with E-state index in [9.17, 15) is 24.6 Å². The van der Waals surface area contributed by atoms with Crippen LogP contribution < -0.4 is 9.47 Å². The lowest BCUT2D eigenvalue weighted by Gasteiger charge is -2.29. The Morgan fingerprint density at radius 1 is 0.738 bits per heavy atom. The fourth-order valence-corrected chi connectivity index (χ4v) is 4.35. The van der Waals surface area contributed by atoms with Gasteiger partial charge in [0.15, 0.2) is 5.60 Å². The highest BCUT2D eigenvalue weighted by Crippen LogP contribution is 2.24. The van der Waals surface area contributed by atoms with Crippen LogP contribution in [0.4, 0.5) is 0 Å². The smallest absolute Gasteiger partial charge is 0.347 e. The molecule has 0 bridgehead atoms. The van der Waals surface area contributed by atoms with Crippen molar-refractivity contribution in [2.24, 2.45) is 0 Å². The van der Waals surface area contributed by atoms with Gasteiger partial charge in [0.05, 0.1) is 6.61 Å². The van der Waals surface area contributed by atoms with Gasteiger partial charge in [-0.2, -0.15) is 0 Å². The largest absolute Gasteiger partial charge is 0.493 e. The molecule has 216 valence electrons. The van der Waals surface area contributed by atoms with E-state index >= 15 is 0 Å². The normalized spacial score (nSPS) is 11.8. The van der Waals surface area contributed by atoms with E-state index < -0.39 is 29.5 Å². The van der Waals surface area contributed by atoms with Gasteiger partial charge in [0.1, 0.15) is 17.5 Å². The SMILES string of the molecule is CC(C)(Oc1ccc(OCCC(C(=O)O)N(Cc2ccccc2)C(=O)c2ccc(-c3ccccc3)cc2)cc1)C(=O)O. The molecule has 0 heterocycles. The molecule has 0 saturated heterocycles. The first-order chi connectivity index (χ1) is 20.1. The number of carboxylic acids is 2. The number of aliphatic carboxylic acids is 2. The van der Waals surface area contributed by atoms with Gasteiger partial charge in [0, 0.05) is 18.5 Å². The number of rotatable bonds is 13. The van der Waals surface area contributed by atoms with Crippen molar-refractivity contribution in [3.63, 3.8) is 0 Å². The molecule has 0 radical (unpaired) electrons. The van der Waals surface area contributed by atoms with Crippen LogP contribution in [0.3, 0.4) is 0 Å². The minimum absolute atomic E-state index is 0.0311. The maximum absolute atomic E-state index is 13.7. The number of amides is 1. The van der Waals surface area contributed by atoms with Crippen LogP contribution in [0.1, 0.15) is 36.2 Å². The zero-order chi connectivity index (χ0) is 30.1. The summed E-state index contributed by atoms with van der Waals surface area (Å²) in [6.07, 6.45) is 0.0420. The molecule has 1 unspecified atom stereocenters. The van der Waals surface area contributed by atoms with Gasteiger partial charge in [0.2, 0.25) is 0 Å². The third-order valence-corrected chi connectivity index (χ3v) is 6.73. The van der Waals surface area contributed by atoms with Gasteiger partial charge in [-0.05, 0) is 66.9 Å². The lowest BCUT2D eigenvalue weighted by Crippen LogP contribution is -2.45. The molecule has 4 aromatic carbocycles. The van der Waals surface area contributed by atoms with Gasteiger partial charge in [-0.3, -0.25) is 4.79 Å². The molecule has 0 aliphatic carbocycles. The second-order valence-electron chi connectivity index (χ2n) is 10.2. The van der Waals surface area contributed by atoms with Gasteiger partial charge < -0.3 is 24.6 Å². The number of hydrogen-bond acceptors (Lipinski definition) is 5. The molecule has 8 heteroatoms. The summed E-state index contributed by atoms with van der Waals surface area (Å²) in [5, 5.41) is 19.4. The predicted octanol–water partition coefficient (Wildman–Crippen LogP) is 6.16. The average molecular weight is 568 g/mol. The summed E-state index contributed by atoms with van der Waals surface area (Å²) in [6.45, 7) is 3.05. The molecule has 0 saturated carbocycles. The second-order valence-corrected chi connectivity index (χ2v) is 10.2. The molecular formula is C34H33NO7. The zero-order valence-electron chi connectivity index (χ0n) is 23.5. The standard InChI is InChI=1S/C34H33NO7/c1-34(2,33(39)40)42-29-19-17-28(18-20-29)41-22-21-30(32(37)38)35(23-24-9-5-3-6-10-24)31(36)27-15-13-26(14-16-27)25-11-7-4-8-12-25/h3-20,30H,21-23H2,1-2H3,(H,37,38)(H,39,40). The predicted molar refractivity (Wildman–Crippen MR) is 159 cm³/mol. The topological polar surface area (TPSA) is 113 Å². The Morgan fingerprint density at radius 3 is 1.86 bits per heavy atom. The molecule has 2 N–H and O–H groups in total. The number of nitrogens with zero attached hydrogens (tertiary/aromatic N) is 1.